The number of phenolic OH excluding ortho intramolecular Hbond substituents is 1. The average Bonchev–Trinajstić information content (AvgIpc) is 2.49. The van der Waals surface area contributed by atoms with E-state index in [1.807, 2.05) is 18.2 Å². The molecule has 0 fully saturated rings. The molecular formula is C17H15ClNNaO3. The Hall–Kier alpha value is -1.33. The normalized spacial score (nSPS) is 10.9. The summed E-state index contributed by atoms with van der Waals surface area (Å²) in [6, 6.07) is 14.0. The number of carboxylic acid groups (broad SMARTS) is 1. The number of nitrogens with zero attached hydrogens (tertiary/aromatic N) is 1. The van der Waals surface area contributed by atoms with Crippen molar-refractivity contribution in [3.8, 4) is 5.75 Å². The van der Waals surface area contributed by atoms with Crippen molar-refractivity contribution in [2.45, 2.75) is 12.8 Å². The molecular weight excluding hydrogens is 325 g/mol. The summed E-state index contributed by atoms with van der Waals surface area (Å²) in [5, 5.41) is 21.0. The second-order valence-electron chi connectivity index (χ2n) is 4.70. The first-order valence-electron chi connectivity index (χ1n) is 6.87. The fourth-order valence-electron chi connectivity index (χ4n) is 2.06. The topological polar surface area (TPSA) is 72.7 Å². The van der Waals surface area contributed by atoms with Crippen LogP contribution in [0.3, 0.4) is 0 Å². The number of hydrogen-bond acceptors (Lipinski definition) is 4. The summed E-state index contributed by atoms with van der Waals surface area (Å²) in [5.74, 6) is -1.00. The van der Waals surface area contributed by atoms with Crippen molar-refractivity contribution in [2.24, 2.45) is 4.99 Å². The van der Waals surface area contributed by atoms with Gasteiger partial charge in [-0.25, -0.2) is 0 Å². The first kappa shape index (κ1) is 19.7. The zero-order valence-electron chi connectivity index (χ0n) is 12.8. The van der Waals surface area contributed by atoms with Gasteiger partial charge in [-0.2, -0.15) is 0 Å². The molecule has 0 spiro atoms. The van der Waals surface area contributed by atoms with Crippen LogP contribution in [0.2, 0.25) is 5.02 Å². The van der Waals surface area contributed by atoms with Crippen LogP contribution >= 0.6 is 11.6 Å². The SMILES string of the molecule is O=C([O-])CCCN=C(c1ccccc1O)c1ccccc1Cl.[Na+]. The molecule has 23 heavy (non-hydrogen) atoms. The standard InChI is InChI=1S/C17H16ClNO3.Na/c18-14-8-3-1-6-12(14)17(19-11-5-10-16(21)22)13-7-2-4-9-15(13)20;/h1-4,6-9,20H,5,10-11H2,(H,21,22);/q;+1/p-1. The van der Waals surface area contributed by atoms with E-state index in [4.69, 9.17) is 11.6 Å². The van der Waals surface area contributed by atoms with Crippen LogP contribution in [0, 0.1) is 0 Å². The van der Waals surface area contributed by atoms with Crippen molar-refractivity contribution >= 4 is 23.3 Å². The molecule has 2 aromatic rings. The van der Waals surface area contributed by atoms with Crippen molar-refractivity contribution in [1.82, 2.24) is 0 Å². The van der Waals surface area contributed by atoms with Gasteiger partial charge in [-0.05, 0) is 31.0 Å². The molecule has 0 atom stereocenters. The molecule has 0 saturated carbocycles. The number of carbonyl (C=O) groups is 1. The molecule has 0 aliphatic carbocycles. The molecule has 0 amide bonds. The number of benzene rings is 2. The van der Waals surface area contributed by atoms with Gasteiger partial charge in [0.15, 0.2) is 0 Å². The van der Waals surface area contributed by atoms with Crippen molar-refractivity contribution in [3.05, 3.63) is 64.7 Å². The number of rotatable bonds is 6. The van der Waals surface area contributed by atoms with Crippen LogP contribution in [0.15, 0.2) is 53.5 Å². The van der Waals surface area contributed by atoms with Gasteiger partial charge in [-0.1, -0.05) is 41.9 Å². The maximum absolute atomic E-state index is 10.5. The number of para-hydroxylation sites is 1. The molecule has 0 heterocycles. The van der Waals surface area contributed by atoms with Gasteiger partial charge in [-0.15, -0.1) is 0 Å². The molecule has 2 rings (SSSR count). The number of phenols is 1. The molecule has 114 valence electrons. The second kappa shape index (κ2) is 9.73. The van der Waals surface area contributed by atoms with Gasteiger partial charge >= 0.3 is 29.6 Å². The number of carbonyl (C=O) groups excluding carboxylic acids is 1. The fourth-order valence-corrected chi connectivity index (χ4v) is 2.28. The van der Waals surface area contributed by atoms with E-state index < -0.39 is 5.97 Å². The number of halogens is 1. The monoisotopic (exact) mass is 339 g/mol. The Morgan fingerprint density at radius 1 is 1.09 bits per heavy atom. The van der Waals surface area contributed by atoms with Crippen molar-refractivity contribution in [1.29, 1.82) is 0 Å². The molecule has 2 aromatic carbocycles. The molecule has 0 bridgehead atoms. The predicted octanol–water partition coefficient (Wildman–Crippen LogP) is -0.583. The first-order valence-corrected chi connectivity index (χ1v) is 7.25. The summed E-state index contributed by atoms with van der Waals surface area (Å²) in [7, 11) is 0. The quantitative estimate of drug-likeness (QED) is 0.435. The number of carboxylic acids is 1. The smallest absolute Gasteiger partial charge is 0.550 e. The first-order chi connectivity index (χ1) is 10.6. The third kappa shape index (κ3) is 5.66. The van der Waals surface area contributed by atoms with Crippen LogP contribution in [-0.4, -0.2) is 23.3 Å². The van der Waals surface area contributed by atoms with Gasteiger partial charge in [-0.3, -0.25) is 4.99 Å². The molecule has 0 aliphatic heterocycles. The summed E-state index contributed by atoms with van der Waals surface area (Å²) in [5.41, 5.74) is 1.80. The van der Waals surface area contributed by atoms with Crippen LogP contribution < -0.4 is 34.7 Å². The average molecular weight is 340 g/mol. The van der Waals surface area contributed by atoms with Crippen molar-refractivity contribution in [3.63, 3.8) is 0 Å². The number of aliphatic imine (C=N–C) groups is 1. The Morgan fingerprint density at radius 3 is 2.30 bits per heavy atom. The van der Waals surface area contributed by atoms with E-state index in [2.05, 4.69) is 4.99 Å². The maximum Gasteiger partial charge on any atom is 1.00 e. The van der Waals surface area contributed by atoms with Gasteiger partial charge in [0.25, 0.3) is 0 Å². The Bertz CT molecular complexity index is 656. The number of hydrogen-bond donors (Lipinski definition) is 1. The Morgan fingerprint density at radius 2 is 1.70 bits per heavy atom. The Balaban J connectivity index is 0.00000264. The van der Waals surface area contributed by atoms with E-state index in [9.17, 15) is 15.0 Å². The maximum atomic E-state index is 10.5. The molecule has 1 N–H and O–H groups in total. The molecule has 4 nitrogen and oxygen atoms in total. The van der Waals surface area contributed by atoms with Crippen molar-refractivity contribution in [2.75, 3.05) is 6.54 Å². The van der Waals surface area contributed by atoms with Crippen molar-refractivity contribution < 1.29 is 44.6 Å². The molecule has 6 heteroatoms. The minimum atomic E-state index is -1.10. The van der Waals surface area contributed by atoms with Crippen LogP contribution in [0.25, 0.3) is 0 Å². The summed E-state index contributed by atoms with van der Waals surface area (Å²) in [6.45, 7) is 0.308. The number of aromatic hydroxyl groups is 1. The molecule has 0 aliphatic rings. The largest absolute Gasteiger partial charge is 1.00 e. The second-order valence-corrected chi connectivity index (χ2v) is 5.11. The van der Waals surface area contributed by atoms with Crippen LogP contribution in [0.1, 0.15) is 24.0 Å². The van der Waals surface area contributed by atoms with Gasteiger partial charge in [0.2, 0.25) is 0 Å². The van der Waals surface area contributed by atoms with Gasteiger partial charge < -0.3 is 15.0 Å². The number of aliphatic carboxylic acids is 1. The third-order valence-corrected chi connectivity index (χ3v) is 3.43. The summed E-state index contributed by atoms with van der Waals surface area (Å²) < 4.78 is 0. The van der Waals surface area contributed by atoms with E-state index in [1.165, 1.54) is 0 Å². The summed E-state index contributed by atoms with van der Waals surface area (Å²) in [4.78, 5) is 14.9. The van der Waals surface area contributed by atoms with E-state index in [0.29, 0.717) is 34.8 Å². The Kier molecular flexibility index (Phi) is 8.34. The van der Waals surface area contributed by atoms with E-state index in [0.717, 1.165) is 0 Å². The molecule has 0 aromatic heterocycles. The zero-order valence-corrected chi connectivity index (χ0v) is 15.6. The van der Waals surface area contributed by atoms with Crippen LogP contribution in [0.5, 0.6) is 5.75 Å². The van der Waals surface area contributed by atoms with E-state index in [1.54, 1.807) is 30.3 Å². The van der Waals surface area contributed by atoms with E-state index >= 15 is 0 Å². The minimum Gasteiger partial charge on any atom is -0.550 e. The minimum absolute atomic E-state index is 0. The van der Waals surface area contributed by atoms with Gasteiger partial charge in [0.05, 0.1) is 5.71 Å². The van der Waals surface area contributed by atoms with Gasteiger partial charge in [0.1, 0.15) is 5.75 Å². The fraction of sp³-hybridized carbons (Fsp3) is 0.176. The van der Waals surface area contributed by atoms with Crippen LogP contribution in [0.4, 0.5) is 0 Å². The summed E-state index contributed by atoms with van der Waals surface area (Å²) >= 11 is 6.22. The summed E-state index contributed by atoms with van der Waals surface area (Å²) in [6.07, 6.45) is 0.309. The van der Waals surface area contributed by atoms with Crippen LogP contribution in [-0.2, 0) is 4.79 Å². The Labute approximate surface area is 162 Å². The molecule has 0 saturated heterocycles. The van der Waals surface area contributed by atoms with Gasteiger partial charge in [0, 0.05) is 28.7 Å². The predicted molar refractivity (Wildman–Crippen MR) is 84.3 cm³/mol. The third-order valence-electron chi connectivity index (χ3n) is 3.10. The zero-order chi connectivity index (χ0) is 15.9. The van der Waals surface area contributed by atoms with E-state index in [-0.39, 0.29) is 41.7 Å². The molecule has 0 unspecified atom stereocenters. The molecule has 0 radical (unpaired) electrons.